The number of rotatable bonds is 4. The topological polar surface area (TPSA) is 24.9 Å². The van der Waals surface area contributed by atoms with Gasteiger partial charge in [0.05, 0.1) is 6.04 Å². The molecule has 1 aromatic carbocycles. The molecule has 94 valence electrons. The Balaban J connectivity index is 2.47. The summed E-state index contributed by atoms with van der Waals surface area (Å²) >= 11 is 0. The number of aryl methyl sites for hydroxylation is 1. The molecule has 2 nitrogen and oxygen atoms in total. The minimum atomic E-state index is -0.188. The van der Waals surface area contributed by atoms with Crippen LogP contribution in [0.1, 0.15) is 29.7 Å². The fourth-order valence-electron chi connectivity index (χ4n) is 2.08. The summed E-state index contributed by atoms with van der Waals surface area (Å²) in [5.74, 6) is -0.188. The van der Waals surface area contributed by atoms with Gasteiger partial charge in [-0.05, 0) is 36.7 Å². The Hall–Kier alpha value is -1.74. The first kappa shape index (κ1) is 12.7. The fraction of sp³-hybridized carbons (Fsp3) is 0.267. The predicted octanol–water partition coefficient (Wildman–Crippen LogP) is 3.23. The Morgan fingerprint density at radius 2 is 2.00 bits per heavy atom. The molecule has 3 heteroatoms. The molecule has 0 radical (unpaired) electrons. The van der Waals surface area contributed by atoms with Crippen molar-refractivity contribution in [3.05, 3.63) is 65.2 Å². The summed E-state index contributed by atoms with van der Waals surface area (Å²) < 4.78 is 13.9. The number of benzene rings is 1. The van der Waals surface area contributed by atoms with Crippen LogP contribution in [0, 0.1) is 12.7 Å². The van der Waals surface area contributed by atoms with Gasteiger partial charge in [-0.15, -0.1) is 0 Å². The second-order valence-corrected chi connectivity index (χ2v) is 4.24. The molecule has 1 N–H and O–H groups in total. The molecule has 0 saturated heterocycles. The van der Waals surface area contributed by atoms with E-state index in [-0.39, 0.29) is 11.9 Å². The lowest BCUT2D eigenvalue weighted by atomic mass is 9.96. The highest BCUT2D eigenvalue weighted by molar-refractivity contribution is 5.35. The van der Waals surface area contributed by atoms with Crippen LogP contribution in [0.15, 0.2) is 42.7 Å². The normalized spacial score (nSPS) is 12.4. The van der Waals surface area contributed by atoms with E-state index in [1.165, 1.54) is 6.07 Å². The second kappa shape index (κ2) is 5.74. The second-order valence-electron chi connectivity index (χ2n) is 4.24. The number of nitrogens with zero attached hydrogens (tertiary/aromatic N) is 1. The first-order valence-corrected chi connectivity index (χ1v) is 6.12. The highest BCUT2D eigenvalue weighted by Gasteiger charge is 2.18. The lowest BCUT2D eigenvalue weighted by Gasteiger charge is -2.20. The number of aromatic nitrogens is 1. The average molecular weight is 244 g/mol. The van der Waals surface area contributed by atoms with E-state index in [0.29, 0.717) is 5.56 Å². The smallest absolute Gasteiger partial charge is 0.128 e. The van der Waals surface area contributed by atoms with Crippen LogP contribution < -0.4 is 5.32 Å². The van der Waals surface area contributed by atoms with Gasteiger partial charge < -0.3 is 5.32 Å². The van der Waals surface area contributed by atoms with Gasteiger partial charge in [0.2, 0.25) is 0 Å². The summed E-state index contributed by atoms with van der Waals surface area (Å²) in [5.41, 5.74) is 2.79. The number of hydrogen-bond donors (Lipinski definition) is 1. The van der Waals surface area contributed by atoms with Gasteiger partial charge in [-0.3, -0.25) is 4.98 Å². The van der Waals surface area contributed by atoms with Crippen LogP contribution in [0.4, 0.5) is 4.39 Å². The van der Waals surface area contributed by atoms with Gasteiger partial charge >= 0.3 is 0 Å². The Labute approximate surface area is 107 Å². The average Bonchev–Trinajstić information content (AvgIpc) is 2.38. The van der Waals surface area contributed by atoms with E-state index < -0.39 is 0 Å². The summed E-state index contributed by atoms with van der Waals surface area (Å²) in [4.78, 5) is 4.14. The Bertz CT molecular complexity index is 480. The van der Waals surface area contributed by atoms with Crippen molar-refractivity contribution in [3.8, 4) is 0 Å². The van der Waals surface area contributed by atoms with Crippen LogP contribution in [0.3, 0.4) is 0 Å². The minimum absolute atomic E-state index is 0.148. The third kappa shape index (κ3) is 2.57. The van der Waals surface area contributed by atoms with Crippen molar-refractivity contribution < 1.29 is 4.39 Å². The van der Waals surface area contributed by atoms with Crippen molar-refractivity contribution in [2.24, 2.45) is 0 Å². The van der Waals surface area contributed by atoms with Crippen molar-refractivity contribution in [3.63, 3.8) is 0 Å². The van der Waals surface area contributed by atoms with Gasteiger partial charge in [-0.25, -0.2) is 4.39 Å². The molecule has 0 amide bonds. The van der Waals surface area contributed by atoms with Crippen molar-refractivity contribution in [2.45, 2.75) is 19.9 Å². The molecule has 0 saturated carbocycles. The lowest BCUT2D eigenvalue weighted by Crippen LogP contribution is -2.23. The zero-order valence-corrected chi connectivity index (χ0v) is 10.7. The maximum atomic E-state index is 13.9. The summed E-state index contributed by atoms with van der Waals surface area (Å²) in [6, 6.07) is 8.66. The van der Waals surface area contributed by atoms with Crippen molar-refractivity contribution in [1.82, 2.24) is 10.3 Å². The Morgan fingerprint density at radius 1 is 1.22 bits per heavy atom. The molecule has 0 bridgehead atoms. The lowest BCUT2D eigenvalue weighted by molar-refractivity contribution is 0.557. The van der Waals surface area contributed by atoms with Gasteiger partial charge in [0.1, 0.15) is 5.82 Å². The van der Waals surface area contributed by atoms with E-state index >= 15 is 0 Å². The zero-order chi connectivity index (χ0) is 13.0. The first-order valence-electron chi connectivity index (χ1n) is 6.12. The zero-order valence-electron chi connectivity index (χ0n) is 10.7. The monoisotopic (exact) mass is 244 g/mol. The van der Waals surface area contributed by atoms with Gasteiger partial charge in [-0.1, -0.05) is 25.1 Å². The predicted molar refractivity (Wildman–Crippen MR) is 70.9 cm³/mol. The van der Waals surface area contributed by atoms with Crippen LogP contribution in [-0.4, -0.2) is 11.5 Å². The molecular weight excluding hydrogens is 227 g/mol. The molecule has 1 atom stereocenters. The summed E-state index contributed by atoms with van der Waals surface area (Å²) in [5, 5.41) is 3.32. The van der Waals surface area contributed by atoms with Crippen LogP contribution in [0.5, 0.6) is 0 Å². The van der Waals surface area contributed by atoms with Crippen LogP contribution in [-0.2, 0) is 0 Å². The quantitative estimate of drug-likeness (QED) is 0.893. The van der Waals surface area contributed by atoms with Gasteiger partial charge in [-0.2, -0.15) is 0 Å². The third-order valence-corrected chi connectivity index (χ3v) is 3.02. The fourth-order valence-corrected chi connectivity index (χ4v) is 2.08. The molecule has 0 fully saturated rings. The molecule has 0 spiro atoms. The van der Waals surface area contributed by atoms with E-state index in [4.69, 9.17) is 0 Å². The maximum Gasteiger partial charge on any atom is 0.128 e. The molecule has 0 aliphatic carbocycles. The summed E-state index contributed by atoms with van der Waals surface area (Å²) in [6.07, 6.45) is 3.55. The highest BCUT2D eigenvalue weighted by atomic mass is 19.1. The number of halogens is 1. The van der Waals surface area contributed by atoms with Gasteiger partial charge in [0.25, 0.3) is 0 Å². The molecule has 0 aliphatic rings. The summed E-state index contributed by atoms with van der Waals surface area (Å²) in [6.45, 7) is 4.80. The van der Waals surface area contributed by atoms with Crippen molar-refractivity contribution in [1.29, 1.82) is 0 Å². The van der Waals surface area contributed by atoms with E-state index in [2.05, 4.69) is 10.3 Å². The third-order valence-electron chi connectivity index (χ3n) is 3.02. The molecule has 0 aliphatic heterocycles. The highest BCUT2D eigenvalue weighted by Crippen LogP contribution is 2.25. The Kier molecular flexibility index (Phi) is 4.05. The standard InChI is InChI=1S/C15H17FN2/c1-3-18-15(12-6-4-5-7-14(12)16)13-10-17-9-8-11(13)2/h4-10,15,18H,3H2,1-2H3. The van der Waals surface area contributed by atoms with Crippen molar-refractivity contribution >= 4 is 0 Å². The molecular formula is C15H17FN2. The SMILES string of the molecule is CCNC(c1cnccc1C)c1ccccc1F. The molecule has 18 heavy (non-hydrogen) atoms. The van der Waals surface area contributed by atoms with Crippen molar-refractivity contribution in [2.75, 3.05) is 6.54 Å². The van der Waals surface area contributed by atoms with E-state index in [9.17, 15) is 4.39 Å². The number of hydrogen-bond acceptors (Lipinski definition) is 2. The van der Waals surface area contributed by atoms with Crippen LogP contribution >= 0.6 is 0 Å². The number of nitrogens with one attached hydrogen (secondary N) is 1. The van der Waals surface area contributed by atoms with Crippen LogP contribution in [0.25, 0.3) is 0 Å². The van der Waals surface area contributed by atoms with Gasteiger partial charge in [0, 0.05) is 18.0 Å². The van der Waals surface area contributed by atoms with E-state index in [1.807, 2.05) is 32.0 Å². The number of pyridine rings is 1. The molecule has 2 aromatic rings. The molecule has 1 heterocycles. The largest absolute Gasteiger partial charge is 0.306 e. The molecule has 1 unspecified atom stereocenters. The van der Waals surface area contributed by atoms with Crippen LogP contribution in [0.2, 0.25) is 0 Å². The summed E-state index contributed by atoms with van der Waals surface area (Å²) in [7, 11) is 0. The Morgan fingerprint density at radius 3 is 2.67 bits per heavy atom. The van der Waals surface area contributed by atoms with E-state index in [0.717, 1.165) is 17.7 Å². The maximum absolute atomic E-state index is 13.9. The van der Waals surface area contributed by atoms with E-state index in [1.54, 1.807) is 18.5 Å². The van der Waals surface area contributed by atoms with Gasteiger partial charge in [0.15, 0.2) is 0 Å². The minimum Gasteiger partial charge on any atom is -0.306 e. The molecule has 2 rings (SSSR count). The molecule has 1 aromatic heterocycles. The first-order chi connectivity index (χ1) is 8.74.